The van der Waals surface area contributed by atoms with Gasteiger partial charge in [0.2, 0.25) is 10.0 Å². The highest BCUT2D eigenvalue weighted by molar-refractivity contribution is 7.89. The second-order valence-corrected chi connectivity index (χ2v) is 7.34. The number of para-hydroxylation sites is 2. The number of nitrogens with one attached hydrogen (secondary N) is 1. The minimum atomic E-state index is -3.82. The van der Waals surface area contributed by atoms with Gasteiger partial charge >= 0.3 is 0 Å². The lowest BCUT2D eigenvalue weighted by Gasteiger charge is -2.34. The molecule has 6 nitrogen and oxygen atoms in total. The molecule has 0 bridgehead atoms. The Bertz CT molecular complexity index is 836. The van der Waals surface area contributed by atoms with Crippen LogP contribution in [0.2, 0.25) is 0 Å². The van der Waals surface area contributed by atoms with E-state index < -0.39 is 15.6 Å². The van der Waals surface area contributed by atoms with E-state index in [9.17, 15) is 13.5 Å². The maximum absolute atomic E-state index is 12.6. The van der Waals surface area contributed by atoms with E-state index in [1.54, 1.807) is 36.4 Å². The highest BCUT2D eigenvalue weighted by Gasteiger charge is 2.37. The second kappa shape index (κ2) is 6.43. The fourth-order valence-corrected chi connectivity index (χ4v) is 4.02. The first-order chi connectivity index (χ1) is 11.5. The average molecular weight is 349 g/mol. The zero-order valence-corrected chi connectivity index (χ0v) is 14.0. The monoisotopic (exact) mass is 349 g/mol. The third-order valence-electron chi connectivity index (χ3n) is 4.07. The lowest BCUT2D eigenvalue weighted by molar-refractivity contribution is 0.00218. The van der Waals surface area contributed by atoms with Crippen molar-refractivity contribution in [1.29, 1.82) is 0 Å². The van der Waals surface area contributed by atoms with Crippen LogP contribution in [0.4, 0.5) is 0 Å². The molecule has 0 aromatic heterocycles. The molecular weight excluding hydrogens is 330 g/mol. The van der Waals surface area contributed by atoms with Gasteiger partial charge in [0.05, 0.1) is 13.7 Å². The lowest BCUT2D eigenvalue weighted by atomic mass is 9.88. The highest BCUT2D eigenvalue weighted by Crippen LogP contribution is 2.36. The van der Waals surface area contributed by atoms with E-state index in [4.69, 9.17) is 9.47 Å². The summed E-state index contributed by atoms with van der Waals surface area (Å²) in [4.78, 5) is 0.0384. The molecule has 0 fully saturated rings. The molecule has 0 radical (unpaired) electrons. The van der Waals surface area contributed by atoms with E-state index in [0.29, 0.717) is 24.3 Å². The third kappa shape index (κ3) is 3.10. The Labute approximate surface area is 141 Å². The summed E-state index contributed by atoms with van der Waals surface area (Å²) < 4.78 is 38.3. The van der Waals surface area contributed by atoms with Crippen LogP contribution in [0.25, 0.3) is 0 Å². The molecule has 0 spiro atoms. The Morgan fingerprint density at radius 3 is 2.71 bits per heavy atom. The molecule has 128 valence electrons. The summed E-state index contributed by atoms with van der Waals surface area (Å²) in [5, 5.41) is 10.9. The molecule has 0 aliphatic carbocycles. The molecule has 0 unspecified atom stereocenters. The van der Waals surface area contributed by atoms with Crippen LogP contribution in [0.3, 0.4) is 0 Å². The number of benzene rings is 2. The number of hydrogen-bond acceptors (Lipinski definition) is 5. The van der Waals surface area contributed by atoms with Gasteiger partial charge in [-0.3, -0.25) is 0 Å². The van der Waals surface area contributed by atoms with Crippen molar-refractivity contribution in [3.63, 3.8) is 0 Å². The van der Waals surface area contributed by atoms with Crippen LogP contribution in [-0.4, -0.2) is 33.8 Å². The SMILES string of the molecule is COc1ccccc1S(=O)(=O)NC[C@@]1(O)CCOc2ccccc21. The topological polar surface area (TPSA) is 84.9 Å². The van der Waals surface area contributed by atoms with Gasteiger partial charge in [-0.15, -0.1) is 0 Å². The maximum Gasteiger partial charge on any atom is 0.244 e. The summed E-state index contributed by atoms with van der Waals surface area (Å²) in [5.41, 5.74) is -0.733. The quantitative estimate of drug-likeness (QED) is 0.857. The van der Waals surface area contributed by atoms with Gasteiger partial charge in [0.25, 0.3) is 0 Å². The minimum Gasteiger partial charge on any atom is -0.495 e. The predicted molar refractivity (Wildman–Crippen MR) is 88.6 cm³/mol. The van der Waals surface area contributed by atoms with Crippen molar-refractivity contribution < 1.29 is 23.0 Å². The molecule has 2 aromatic rings. The smallest absolute Gasteiger partial charge is 0.244 e. The van der Waals surface area contributed by atoms with Crippen LogP contribution in [-0.2, 0) is 15.6 Å². The zero-order chi connectivity index (χ0) is 17.2. The average Bonchev–Trinajstić information content (AvgIpc) is 2.61. The van der Waals surface area contributed by atoms with Crippen LogP contribution in [0, 0.1) is 0 Å². The Morgan fingerprint density at radius 2 is 1.92 bits per heavy atom. The van der Waals surface area contributed by atoms with Gasteiger partial charge in [0.15, 0.2) is 0 Å². The van der Waals surface area contributed by atoms with Gasteiger partial charge in [-0.25, -0.2) is 13.1 Å². The van der Waals surface area contributed by atoms with Crippen molar-refractivity contribution in [2.45, 2.75) is 16.9 Å². The molecule has 2 aromatic carbocycles. The van der Waals surface area contributed by atoms with Gasteiger partial charge in [-0.1, -0.05) is 30.3 Å². The fraction of sp³-hybridized carbons (Fsp3) is 0.294. The van der Waals surface area contributed by atoms with Gasteiger partial charge in [0, 0.05) is 18.5 Å². The van der Waals surface area contributed by atoms with Gasteiger partial charge < -0.3 is 14.6 Å². The maximum atomic E-state index is 12.6. The minimum absolute atomic E-state index is 0.0384. The van der Waals surface area contributed by atoms with E-state index in [2.05, 4.69) is 4.72 Å². The van der Waals surface area contributed by atoms with Crippen LogP contribution in [0.15, 0.2) is 53.4 Å². The molecule has 1 heterocycles. The van der Waals surface area contributed by atoms with Crippen LogP contribution < -0.4 is 14.2 Å². The highest BCUT2D eigenvalue weighted by atomic mass is 32.2. The van der Waals surface area contributed by atoms with Crippen molar-refractivity contribution in [1.82, 2.24) is 4.72 Å². The first kappa shape index (κ1) is 16.8. The second-order valence-electron chi connectivity index (χ2n) is 5.60. The van der Waals surface area contributed by atoms with Gasteiger partial charge in [-0.05, 0) is 18.2 Å². The molecule has 24 heavy (non-hydrogen) atoms. The third-order valence-corrected chi connectivity index (χ3v) is 5.52. The summed E-state index contributed by atoms with van der Waals surface area (Å²) in [6.07, 6.45) is 0.304. The summed E-state index contributed by atoms with van der Waals surface area (Å²) >= 11 is 0. The summed E-state index contributed by atoms with van der Waals surface area (Å²) in [5.74, 6) is 0.826. The largest absolute Gasteiger partial charge is 0.495 e. The number of hydrogen-bond donors (Lipinski definition) is 2. The molecule has 3 rings (SSSR count). The summed E-state index contributed by atoms with van der Waals surface area (Å²) in [6.45, 7) is 0.178. The number of rotatable bonds is 5. The van der Waals surface area contributed by atoms with Crippen molar-refractivity contribution in [3.8, 4) is 11.5 Å². The van der Waals surface area contributed by atoms with Crippen molar-refractivity contribution in [3.05, 3.63) is 54.1 Å². The first-order valence-corrected chi connectivity index (χ1v) is 9.02. The van der Waals surface area contributed by atoms with E-state index in [1.165, 1.54) is 13.2 Å². The van der Waals surface area contributed by atoms with E-state index in [0.717, 1.165) is 0 Å². The van der Waals surface area contributed by atoms with E-state index in [-0.39, 0.29) is 17.2 Å². The predicted octanol–water partition coefficient (Wildman–Crippen LogP) is 1.64. The first-order valence-electron chi connectivity index (χ1n) is 7.54. The van der Waals surface area contributed by atoms with Crippen molar-refractivity contribution in [2.75, 3.05) is 20.3 Å². The Balaban J connectivity index is 1.85. The van der Waals surface area contributed by atoms with E-state index >= 15 is 0 Å². The molecule has 0 amide bonds. The number of fused-ring (bicyclic) bond motifs is 1. The molecule has 1 aliphatic rings. The number of aliphatic hydroxyl groups is 1. The molecule has 2 N–H and O–H groups in total. The normalized spacial score (nSPS) is 20.1. The summed E-state index contributed by atoms with van der Waals surface area (Å²) in [7, 11) is -2.41. The molecule has 1 aliphatic heterocycles. The summed E-state index contributed by atoms with van der Waals surface area (Å²) in [6, 6.07) is 13.4. The number of sulfonamides is 1. The Kier molecular flexibility index (Phi) is 4.49. The van der Waals surface area contributed by atoms with Crippen LogP contribution in [0.1, 0.15) is 12.0 Å². The number of ether oxygens (including phenoxy) is 2. The standard InChI is InChI=1S/C17H19NO5S/c1-22-15-8-4-5-9-16(15)24(20,21)18-12-17(19)10-11-23-14-7-3-2-6-13(14)17/h2-9,18-19H,10-12H2,1H3/t17-/m0/s1. The van der Waals surface area contributed by atoms with Crippen LogP contribution >= 0.6 is 0 Å². The van der Waals surface area contributed by atoms with Gasteiger partial charge in [0.1, 0.15) is 22.0 Å². The van der Waals surface area contributed by atoms with Crippen molar-refractivity contribution >= 4 is 10.0 Å². The molecule has 0 saturated carbocycles. The van der Waals surface area contributed by atoms with Crippen molar-refractivity contribution in [2.24, 2.45) is 0 Å². The Hall–Kier alpha value is -2.09. The Morgan fingerprint density at radius 1 is 1.21 bits per heavy atom. The lowest BCUT2D eigenvalue weighted by Crippen LogP contribution is -2.43. The molecule has 1 atom stereocenters. The zero-order valence-electron chi connectivity index (χ0n) is 13.2. The fourth-order valence-electron chi connectivity index (χ4n) is 2.76. The molecule has 0 saturated heterocycles. The molecular formula is C17H19NO5S. The van der Waals surface area contributed by atoms with E-state index in [1.807, 2.05) is 6.07 Å². The van der Waals surface area contributed by atoms with Gasteiger partial charge in [-0.2, -0.15) is 0 Å². The molecule has 7 heteroatoms. The number of methoxy groups -OCH3 is 1. The van der Waals surface area contributed by atoms with Crippen LogP contribution in [0.5, 0.6) is 11.5 Å².